The molecule has 0 aromatic carbocycles. The molecule has 0 N–H and O–H groups in total. The maximum Gasteiger partial charge on any atom is 0.319 e. The van der Waals surface area contributed by atoms with Crippen LogP contribution in [-0.2, 0) is 14.3 Å². The minimum absolute atomic E-state index is 0.131. The number of halogens is 2. The van der Waals surface area contributed by atoms with Crippen LogP contribution in [0, 0.1) is 11.8 Å². The van der Waals surface area contributed by atoms with Crippen molar-refractivity contribution in [2.24, 2.45) is 11.8 Å². The van der Waals surface area contributed by atoms with Crippen LogP contribution >= 0.6 is 0 Å². The van der Waals surface area contributed by atoms with E-state index in [2.05, 4.69) is 4.74 Å². The smallest absolute Gasteiger partial charge is 0.319 e. The maximum atomic E-state index is 12.6. The first-order valence-corrected chi connectivity index (χ1v) is 5.27. The fraction of sp³-hybridized carbons (Fsp3) is 0.583. The van der Waals surface area contributed by atoms with E-state index in [9.17, 15) is 13.6 Å². The minimum atomic E-state index is -2.45. The Morgan fingerprint density at radius 3 is 2.29 bits per heavy atom. The molecule has 0 unspecified atom stereocenters. The summed E-state index contributed by atoms with van der Waals surface area (Å²) in [5, 5.41) is 0. The molecule has 0 bridgehead atoms. The molecule has 0 saturated heterocycles. The Labute approximate surface area is 99.1 Å². The average molecular weight is 246 g/mol. The molecule has 0 fully saturated rings. The van der Waals surface area contributed by atoms with E-state index in [4.69, 9.17) is 4.74 Å². The van der Waals surface area contributed by atoms with Crippen LogP contribution in [0.15, 0.2) is 23.3 Å². The Balaban J connectivity index is 2.79. The highest BCUT2D eigenvalue weighted by molar-refractivity contribution is 5.79. The van der Waals surface area contributed by atoms with E-state index >= 15 is 0 Å². The predicted octanol–water partition coefficient (Wildman–Crippen LogP) is 2.54. The molecule has 0 heterocycles. The summed E-state index contributed by atoms with van der Waals surface area (Å²) in [6.45, 7) is 3.18. The molecule has 96 valence electrons. The van der Waals surface area contributed by atoms with E-state index in [0.717, 1.165) is 0 Å². The van der Waals surface area contributed by atoms with Gasteiger partial charge in [-0.05, 0) is 13.8 Å². The molecule has 0 aromatic heterocycles. The normalized spacial score (nSPS) is 24.4. The molecule has 1 aliphatic rings. The lowest BCUT2D eigenvalue weighted by Gasteiger charge is -2.24. The molecule has 0 aliphatic heterocycles. The highest BCUT2D eigenvalue weighted by atomic mass is 19.3. The van der Waals surface area contributed by atoms with Gasteiger partial charge >= 0.3 is 5.97 Å². The zero-order valence-corrected chi connectivity index (χ0v) is 10.1. The van der Waals surface area contributed by atoms with Gasteiger partial charge in [0, 0.05) is 7.11 Å². The van der Waals surface area contributed by atoms with Crippen molar-refractivity contribution in [3.8, 4) is 0 Å². The van der Waals surface area contributed by atoms with Gasteiger partial charge in [-0.25, -0.2) is 8.78 Å². The quantitative estimate of drug-likeness (QED) is 0.434. The summed E-state index contributed by atoms with van der Waals surface area (Å²) >= 11 is 0. The van der Waals surface area contributed by atoms with Crippen molar-refractivity contribution in [2.75, 3.05) is 13.9 Å². The van der Waals surface area contributed by atoms with Crippen molar-refractivity contribution in [1.82, 2.24) is 0 Å². The summed E-state index contributed by atoms with van der Waals surface area (Å²) in [7, 11) is 1.41. The lowest BCUT2D eigenvalue weighted by Crippen LogP contribution is -2.25. The van der Waals surface area contributed by atoms with Crippen molar-refractivity contribution < 1.29 is 23.0 Å². The molecule has 0 amide bonds. The van der Waals surface area contributed by atoms with Gasteiger partial charge in [-0.3, -0.25) is 4.79 Å². The lowest BCUT2D eigenvalue weighted by atomic mass is 9.83. The minimum Gasteiger partial charge on any atom is -0.438 e. The monoisotopic (exact) mass is 246 g/mol. The van der Waals surface area contributed by atoms with E-state index in [0.29, 0.717) is 11.1 Å². The van der Waals surface area contributed by atoms with Crippen LogP contribution in [0.25, 0.3) is 0 Å². The van der Waals surface area contributed by atoms with Crippen LogP contribution in [0.2, 0.25) is 0 Å². The Bertz CT molecular complexity index is 328. The zero-order valence-electron chi connectivity index (χ0n) is 10.1. The number of alkyl halides is 2. The second-order valence-electron chi connectivity index (χ2n) is 4.04. The van der Waals surface area contributed by atoms with Crippen LogP contribution in [0.4, 0.5) is 8.78 Å². The fourth-order valence-electron chi connectivity index (χ4n) is 1.92. The van der Waals surface area contributed by atoms with E-state index in [1.807, 2.05) is 0 Å². The highest BCUT2D eigenvalue weighted by Crippen LogP contribution is 2.31. The first kappa shape index (κ1) is 13.8. The third-order valence-corrected chi connectivity index (χ3v) is 2.67. The molecule has 0 radical (unpaired) electrons. The average Bonchev–Trinajstić information content (AvgIpc) is 2.25. The summed E-state index contributed by atoms with van der Waals surface area (Å²) in [5.74, 6) is -1.95. The number of esters is 1. The summed E-state index contributed by atoms with van der Waals surface area (Å²) in [5.41, 5.74) is 1.19. The van der Waals surface area contributed by atoms with Gasteiger partial charge < -0.3 is 9.47 Å². The van der Waals surface area contributed by atoms with Gasteiger partial charge in [0.05, 0.1) is 11.8 Å². The SMILES string of the molecule is COCOC(=O)C1C(C)=CC(C(F)F)C=C1C. The van der Waals surface area contributed by atoms with Gasteiger partial charge in [-0.2, -0.15) is 0 Å². The molecule has 1 rings (SSSR count). The standard InChI is InChI=1S/C12H16F2O3/c1-7-4-9(11(13)14)5-8(2)10(7)12(15)17-6-16-3/h4-5,9-11H,6H2,1-3H3. The van der Waals surface area contributed by atoms with Gasteiger partial charge in [-0.1, -0.05) is 23.3 Å². The van der Waals surface area contributed by atoms with Crippen LogP contribution in [0.1, 0.15) is 13.8 Å². The van der Waals surface area contributed by atoms with Crippen LogP contribution in [0.3, 0.4) is 0 Å². The van der Waals surface area contributed by atoms with Gasteiger partial charge in [0.2, 0.25) is 6.43 Å². The topological polar surface area (TPSA) is 35.5 Å². The maximum absolute atomic E-state index is 12.6. The Morgan fingerprint density at radius 1 is 1.35 bits per heavy atom. The number of carbonyl (C=O) groups is 1. The number of ether oxygens (including phenoxy) is 2. The highest BCUT2D eigenvalue weighted by Gasteiger charge is 2.30. The molecule has 0 saturated carbocycles. The van der Waals surface area contributed by atoms with Crippen LogP contribution in [0.5, 0.6) is 0 Å². The lowest BCUT2D eigenvalue weighted by molar-refractivity contribution is -0.156. The third kappa shape index (κ3) is 3.36. The molecule has 5 heteroatoms. The molecular weight excluding hydrogens is 230 g/mol. The van der Waals surface area contributed by atoms with E-state index < -0.39 is 24.2 Å². The van der Waals surface area contributed by atoms with Crippen molar-refractivity contribution in [1.29, 1.82) is 0 Å². The number of hydrogen-bond acceptors (Lipinski definition) is 3. The Morgan fingerprint density at radius 2 is 1.88 bits per heavy atom. The largest absolute Gasteiger partial charge is 0.438 e. The predicted molar refractivity (Wildman–Crippen MR) is 58.5 cm³/mol. The summed E-state index contributed by atoms with van der Waals surface area (Å²) in [6, 6.07) is 0. The summed E-state index contributed by atoms with van der Waals surface area (Å²) < 4.78 is 34.6. The van der Waals surface area contributed by atoms with Crippen molar-refractivity contribution in [3.63, 3.8) is 0 Å². The number of hydrogen-bond donors (Lipinski definition) is 0. The van der Waals surface area contributed by atoms with Crippen molar-refractivity contribution in [2.45, 2.75) is 20.3 Å². The second-order valence-corrected chi connectivity index (χ2v) is 4.04. The van der Waals surface area contributed by atoms with E-state index in [1.165, 1.54) is 19.3 Å². The van der Waals surface area contributed by atoms with E-state index in [-0.39, 0.29) is 6.79 Å². The van der Waals surface area contributed by atoms with Gasteiger partial charge in [0.1, 0.15) is 0 Å². The fourth-order valence-corrected chi connectivity index (χ4v) is 1.92. The zero-order chi connectivity index (χ0) is 13.0. The number of methoxy groups -OCH3 is 1. The van der Waals surface area contributed by atoms with Crippen molar-refractivity contribution >= 4 is 5.97 Å². The van der Waals surface area contributed by atoms with Gasteiger partial charge in [-0.15, -0.1) is 0 Å². The molecule has 0 spiro atoms. The molecular formula is C12H16F2O3. The molecule has 3 nitrogen and oxygen atoms in total. The number of carbonyl (C=O) groups excluding carboxylic acids is 1. The van der Waals surface area contributed by atoms with E-state index in [1.54, 1.807) is 13.8 Å². The number of allylic oxidation sites excluding steroid dienone is 2. The molecule has 1 aliphatic carbocycles. The van der Waals surface area contributed by atoms with Gasteiger partial charge in [0.15, 0.2) is 6.79 Å². The summed E-state index contributed by atoms with van der Waals surface area (Å²) in [6.07, 6.45) is 0.378. The van der Waals surface area contributed by atoms with Gasteiger partial charge in [0.25, 0.3) is 0 Å². The first-order valence-electron chi connectivity index (χ1n) is 5.27. The third-order valence-electron chi connectivity index (χ3n) is 2.67. The Hall–Kier alpha value is -1.23. The Kier molecular flexibility index (Phi) is 4.81. The second kappa shape index (κ2) is 5.91. The molecule has 0 atom stereocenters. The molecule has 0 aromatic rings. The van der Waals surface area contributed by atoms with Crippen molar-refractivity contribution in [3.05, 3.63) is 23.3 Å². The molecule has 17 heavy (non-hydrogen) atoms. The number of rotatable bonds is 4. The van der Waals surface area contributed by atoms with Crippen LogP contribution < -0.4 is 0 Å². The van der Waals surface area contributed by atoms with Crippen LogP contribution in [-0.4, -0.2) is 26.3 Å². The first-order chi connectivity index (χ1) is 7.97. The summed E-state index contributed by atoms with van der Waals surface area (Å²) in [4.78, 5) is 11.7.